The van der Waals surface area contributed by atoms with Crippen LogP contribution in [0.25, 0.3) is 0 Å². The molecule has 0 radical (unpaired) electrons. The number of benzene rings is 2. The van der Waals surface area contributed by atoms with Gasteiger partial charge in [-0.1, -0.05) is 59.6 Å². The molecule has 2 atom stereocenters. The highest BCUT2D eigenvalue weighted by atomic mass is 35.5. The first-order valence-corrected chi connectivity index (χ1v) is 11.2. The first kappa shape index (κ1) is 26.4. The molecule has 0 heterocycles. The maximum absolute atomic E-state index is 12.3. The number of amides is 2. The fraction of sp³-hybridized carbons (Fsp3) is 0.333. The number of rotatable bonds is 11. The molecular formula is C24H26Cl2N2O5. The number of hydrogen-bond acceptors (Lipinski definition) is 5. The zero-order valence-electron chi connectivity index (χ0n) is 18.4. The second-order valence-electron chi connectivity index (χ2n) is 7.42. The summed E-state index contributed by atoms with van der Waals surface area (Å²) in [4.78, 5) is 48.2. The molecule has 176 valence electrons. The number of hydrogen-bond donors (Lipinski definition) is 2. The highest BCUT2D eigenvalue weighted by molar-refractivity contribution is 6.35. The number of esters is 1. The summed E-state index contributed by atoms with van der Waals surface area (Å²) in [5.74, 6) is -1.58. The molecule has 0 aliphatic heterocycles. The van der Waals surface area contributed by atoms with Crippen molar-refractivity contribution in [3.8, 4) is 0 Å². The van der Waals surface area contributed by atoms with Crippen LogP contribution in [0.1, 0.15) is 55.1 Å². The maximum Gasteiger partial charge on any atom is 0.308 e. The van der Waals surface area contributed by atoms with Gasteiger partial charge in [0.25, 0.3) is 5.91 Å². The number of halogens is 2. The van der Waals surface area contributed by atoms with E-state index in [0.29, 0.717) is 21.2 Å². The largest absolute Gasteiger partial charge is 0.452 e. The van der Waals surface area contributed by atoms with Crippen LogP contribution >= 0.6 is 23.2 Å². The van der Waals surface area contributed by atoms with Crippen LogP contribution in [0, 0.1) is 0 Å². The fourth-order valence-electron chi connectivity index (χ4n) is 2.96. The van der Waals surface area contributed by atoms with E-state index >= 15 is 0 Å². The SMILES string of the molecule is C[C@H](OC(=O)CCNC(=O)CCC(=O)c1ccccc1)C(=O)N[C@@H](C)c1ccc(Cl)cc1Cl. The van der Waals surface area contributed by atoms with Crippen LogP contribution in [0.4, 0.5) is 0 Å². The van der Waals surface area contributed by atoms with Gasteiger partial charge in [0, 0.05) is 35.0 Å². The van der Waals surface area contributed by atoms with E-state index in [1.807, 2.05) is 6.07 Å². The lowest BCUT2D eigenvalue weighted by Crippen LogP contribution is -2.38. The van der Waals surface area contributed by atoms with Gasteiger partial charge in [0.15, 0.2) is 11.9 Å². The van der Waals surface area contributed by atoms with Crippen molar-refractivity contribution >= 4 is 46.8 Å². The van der Waals surface area contributed by atoms with Crippen LogP contribution in [0.15, 0.2) is 48.5 Å². The average molecular weight is 493 g/mol. The van der Waals surface area contributed by atoms with Gasteiger partial charge in [0.05, 0.1) is 12.5 Å². The minimum absolute atomic E-state index is 0.0206. The van der Waals surface area contributed by atoms with Crippen molar-refractivity contribution in [2.45, 2.75) is 45.3 Å². The zero-order valence-corrected chi connectivity index (χ0v) is 19.9. The van der Waals surface area contributed by atoms with Crippen molar-refractivity contribution in [3.63, 3.8) is 0 Å². The molecule has 0 fully saturated rings. The molecule has 2 aromatic carbocycles. The van der Waals surface area contributed by atoms with Gasteiger partial charge in [-0.15, -0.1) is 0 Å². The fourth-order valence-corrected chi connectivity index (χ4v) is 3.53. The Morgan fingerprint density at radius 1 is 0.939 bits per heavy atom. The monoisotopic (exact) mass is 492 g/mol. The third-order valence-corrected chi connectivity index (χ3v) is 5.35. The van der Waals surface area contributed by atoms with Crippen LogP contribution in [-0.2, 0) is 19.1 Å². The minimum atomic E-state index is -1.02. The second kappa shape index (κ2) is 13.0. The second-order valence-corrected chi connectivity index (χ2v) is 8.26. The Hall–Kier alpha value is -2.90. The van der Waals surface area contributed by atoms with Gasteiger partial charge in [0.1, 0.15) is 0 Å². The molecule has 33 heavy (non-hydrogen) atoms. The lowest BCUT2D eigenvalue weighted by atomic mass is 10.1. The van der Waals surface area contributed by atoms with E-state index in [9.17, 15) is 19.2 Å². The van der Waals surface area contributed by atoms with Crippen molar-refractivity contribution in [1.29, 1.82) is 0 Å². The van der Waals surface area contributed by atoms with Gasteiger partial charge in [-0.05, 0) is 31.5 Å². The number of Topliss-reactive ketones (excluding diaryl/α,β-unsaturated/α-hetero) is 1. The Morgan fingerprint density at radius 3 is 2.30 bits per heavy atom. The van der Waals surface area contributed by atoms with E-state index in [0.717, 1.165) is 0 Å². The third-order valence-electron chi connectivity index (χ3n) is 4.79. The van der Waals surface area contributed by atoms with Crippen LogP contribution in [0.5, 0.6) is 0 Å². The van der Waals surface area contributed by atoms with Crippen LogP contribution in [0.2, 0.25) is 10.0 Å². The first-order valence-electron chi connectivity index (χ1n) is 10.5. The smallest absolute Gasteiger partial charge is 0.308 e. The van der Waals surface area contributed by atoms with E-state index < -0.39 is 24.0 Å². The molecule has 0 saturated carbocycles. The third kappa shape index (κ3) is 8.86. The Bertz CT molecular complexity index is 998. The molecule has 0 aliphatic rings. The number of ketones is 1. The Kier molecular flexibility index (Phi) is 10.4. The van der Waals surface area contributed by atoms with Crippen LogP contribution in [-0.4, -0.2) is 36.2 Å². The van der Waals surface area contributed by atoms with Crippen molar-refractivity contribution in [3.05, 3.63) is 69.7 Å². The summed E-state index contributed by atoms with van der Waals surface area (Å²) < 4.78 is 5.13. The van der Waals surface area contributed by atoms with E-state index in [1.54, 1.807) is 49.4 Å². The van der Waals surface area contributed by atoms with E-state index in [-0.39, 0.29) is 37.5 Å². The molecular weight excluding hydrogens is 467 g/mol. The standard InChI is InChI=1S/C24H26Cl2N2O5/c1-15(19-9-8-18(25)14-20(19)26)28-24(32)16(2)33-23(31)12-13-27-22(30)11-10-21(29)17-6-4-3-5-7-17/h3-9,14-16H,10-13H2,1-2H3,(H,27,30)(H,28,32)/t15-,16-/m0/s1. The van der Waals surface area contributed by atoms with Crippen molar-refractivity contribution in [2.75, 3.05) is 6.54 Å². The molecule has 2 rings (SSSR count). The molecule has 0 unspecified atom stereocenters. The Balaban J connectivity index is 1.68. The van der Waals surface area contributed by atoms with Gasteiger partial charge in [0.2, 0.25) is 5.91 Å². The number of carbonyl (C=O) groups excluding carboxylic acids is 4. The first-order chi connectivity index (χ1) is 15.7. The molecule has 7 nitrogen and oxygen atoms in total. The molecule has 0 bridgehead atoms. The number of ether oxygens (including phenoxy) is 1. The highest BCUT2D eigenvalue weighted by Gasteiger charge is 2.21. The highest BCUT2D eigenvalue weighted by Crippen LogP contribution is 2.26. The molecule has 0 spiro atoms. The van der Waals surface area contributed by atoms with Crippen LogP contribution < -0.4 is 10.6 Å². The van der Waals surface area contributed by atoms with Gasteiger partial charge in [-0.25, -0.2) is 0 Å². The van der Waals surface area contributed by atoms with Gasteiger partial charge in [-0.3, -0.25) is 19.2 Å². The van der Waals surface area contributed by atoms with Crippen molar-refractivity contribution in [2.24, 2.45) is 0 Å². The normalized spacial score (nSPS) is 12.4. The van der Waals surface area contributed by atoms with E-state index in [4.69, 9.17) is 27.9 Å². The summed E-state index contributed by atoms with van der Waals surface area (Å²) in [6, 6.07) is 13.3. The average Bonchev–Trinajstić information content (AvgIpc) is 2.77. The summed E-state index contributed by atoms with van der Waals surface area (Å²) >= 11 is 12.0. The molecule has 0 aliphatic carbocycles. The molecule has 2 amide bonds. The summed E-state index contributed by atoms with van der Waals surface area (Å²) in [6.07, 6.45) is -1.03. The maximum atomic E-state index is 12.3. The van der Waals surface area contributed by atoms with Gasteiger partial charge in [-0.2, -0.15) is 0 Å². The minimum Gasteiger partial charge on any atom is -0.452 e. The topological polar surface area (TPSA) is 102 Å². The van der Waals surface area contributed by atoms with Gasteiger partial charge < -0.3 is 15.4 Å². The molecule has 0 aromatic heterocycles. The van der Waals surface area contributed by atoms with Crippen molar-refractivity contribution in [1.82, 2.24) is 10.6 Å². The summed E-state index contributed by atoms with van der Waals surface area (Å²) in [7, 11) is 0. The van der Waals surface area contributed by atoms with Gasteiger partial charge >= 0.3 is 5.97 Å². The Morgan fingerprint density at radius 2 is 1.64 bits per heavy atom. The molecule has 0 saturated heterocycles. The number of carbonyl (C=O) groups is 4. The molecule has 2 aromatic rings. The van der Waals surface area contributed by atoms with E-state index in [2.05, 4.69) is 10.6 Å². The summed E-state index contributed by atoms with van der Waals surface area (Å²) in [6.45, 7) is 3.25. The number of nitrogens with one attached hydrogen (secondary N) is 2. The van der Waals surface area contributed by atoms with Crippen molar-refractivity contribution < 1.29 is 23.9 Å². The predicted octanol–water partition coefficient (Wildman–Crippen LogP) is 4.27. The summed E-state index contributed by atoms with van der Waals surface area (Å²) in [5, 5.41) is 6.20. The molecule has 2 N–H and O–H groups in total. The quantitative estimate of drug-likeness (QED) is 0.360. The lowest BCUT2D eigenvalue weighted by molar-refractivity contribution is -0.155. The predicted molar refractivity (Wildman–Crippen MR) is 126 cm³/mol. The lowest BCUT2D eigenvalue weighted by Gasteiger charge is -2.19. The summed E-state index contributed by atoms with van der Waals surface area (Å²) in [5.41, 5.74) is 1.23. The Labute approximate surface area is 202 Å². The van der Waals surface area contributed by atoms with Crippen LogP contribution in [0.3, 0.4) is 0 Å². The molecule has 9 heteroatoms. The van der Waals surface area contributed by atoms with E-state index in [1.165, 1.54) is 6.92 Å². The zero-order chi connectivity index (χ0) is 24.4.